The summed E-state index contributed by atoms with van der Waals surface area (Å²) in [6, 6.07) is 10.9. The topological polar surface area (TPSA) is 55.1 Å². The predicted molar refractivity (Wildman–Crippen MR) is 88.7 cm³/mol. The van der Waals surface area contributed by atoms with Crippen molar-refractivity contribution in [2.75, 3.05) is 5.32 Å². The lowest BCUT2D eigenvalue weighted by molar-refractivity contribution is 0.0995. The number of rotatable bonds is 3. The van der Waals surface area contributed by atoms with E-state index in [-0.39, 0.29) is 11.7 Å². The molecule has 0 atom stereocenters. The van der Waals surface area contributed by atoms with Crippen molar-refractivity contribution < 1.29 is 9.21 Å². The van der Waals surface area contributed by atoms with Crippen LogP contribution in [0.1, 0.15) is 21.2 Å². The maximum Gasteiger partial charge on any atom is 0.293 e. The molecule has 0 unspecified atom stereocenters. The number of amides is 1. The zero-order valence-corrected chi connectivity index (χ0v) is 13.6. The van der Waals surface area contributed by atoms with E-state index in [0.29, 0.717) is 15.9 Å². The van der Waals surface area contributed by atoms with Gasteiger partial charge in [-0.1, -0.05) is 23.7 Å². The molecule has 0 bridgehead atoms. The van der Waals surface area contributed by atoms with E-state index in [9.17, 15) is 4.79 Å². The molecular weight excluding hydrogens is 320 g/mol. The standard InChI is InChI=1S/C16H13ClN2O2S/c1-9-3-8-13(21-9)15(20)19-16-18-14(10(2)22-16)11-4-6-12(17)7-5-11/h3-8H,1-2H3,(H,18,19,20). The van der Waals surface area contributed by atoms with Gasteiger partial charge in [-0.05, 0) is 38.1 Å². The van der Waals surface area contributed by atoms with Crippen LogP contribution in [0.2, 0.25) is 5.02 Å². The van der Waals surface area contributed by atoms with Gasteiger partial charge in [0.1, 0.15) is 5.76 Å². The minimum absolute atomic E-state index is 0.276. The molecule has 0 spiro atoms. The van der Waals surface area contributed by atoms with Gasteiger partial charge < -0.3 is 4.42 Å². The van der Waals surface area contributed by atoms with Gasteiger partial charge in [-0.25, -0.2) is 4.98 Å². The van der Waals surface area contributed by atoms with Gasteiger partial charge in [0.15, 0.2) is 10.9 Å². The summed E-state index contributed by atoms with van der Waals surface area (Å²) < 4.78 is 5.30. The predicted octanol–water partition coefficient (Wildman–Crippen LogP) is 4.93. The minimum atomic E-state index is -0.301. The van der Waals surface area contributed by atoms with Crippen LogP contribution in [0, 0.1) is 13.8 Å². The molecule has 2 heterocycles. The van der Waals surface area contributed by atoms with Crippen LogP contribution in [-0.4, -0.2) is 10.9 Å². The number of benzene rings is 1. The third-order valence-electron chi connectivity index (χ3n) is 3.10. The van der Waals surface area contributed by atoms with E-state index in [1.165, 1.54) is 11.3 Å². The summed E-state index contributed by atoms with van der Waals surface area (Å²) in [6.07, 6.45) is 0. The quantitative estimate of drug-likeness (QED) is 0.740. The number of nitrogens with zero attached hydrogens (tertiary/aromatic N) is 1. The lowest BCUT2D eigenvalue weighted by Gasteiger charge is -1.99. The van der Waals surface area contributed by atoms with E-state index in [1.807, 2.05) is 31.2 Å². The fourth-order valence-corrected chi connectivity index (χ4v) is 3.00. The number of nitrogens with one attached hydrogen (secondary N) is 1. The summed E-state index contributed by atoms with van der Waals surface area (Å²) in [6.45, 7) is 3.76. The van der Waals surface area contributed by atoms with Gasteiger partial charge in [-0.3, -0.25) is 10.1 Å². The molecular formula is C16H13ClN2O2S. The first-order valence-corrected chi connectivity index (χ1v) is 7.83. The molecule has 6 heteroatoms. The summed E-state index contributed by atoms with van der Waals surface area (Å²) in [7, 11) is 0. The first kappa shape index (κ1) is 14.8. The largest absolute Gasteiger partial charge is 0.456 e. The normalized spacial score (nSPS) is 10.7. The lowest BCUT2D eigenvalue weighted by atomic mass is 10.1. The van der Waals surface area contributed by atoms with E-state index >= 15 is 0 Å². The Morgan fingerprint density at radius 3 is 2.55 bits per heavy atom. The molecule has 4 nitrogen and oxygen atoms in total. The van der Waals surface area contributed by atoms with E-state index < -0.39 is 0 Å². The van der Waals surface area contributed by atoms with Crippen LogP contribution in [-0.2, 0) is 0 Å². The number of furan rings is 1. The molecule has 0 saturated heterocycles. The van der Waals surface area contributed by atoms with Gasteiger partial charge in [-0.2, -0.15) is 0 Å². The van der Waals surface area contributed by atoms with Gasteiger partial charge in [0, 0.05) is 15.5 Å². The number of anilines is 1. The van der Waals surface area contributed by atoms with Crippen molar-refractivity contribution >= 4 is 34.0 Å². The Labute approximate surface area is 136 Å². The number of thiazole rings is 1. The Bertz CT molecular complexity index is 821. The van der Waals surface area contributed by atoms with E-state index in [0.717, 1.165) is 16.1 Å². The maximum atomic E-state index is 12.1. The molecule has 3 aromatic rings. The molecule has 112 valence electrons. The summed E-state index contributed by atoms with van der Waals surface area (Å²) in [5.41, 5.74) is 1.81. The number of carbonyl (C=O) groups is 1. The summed E-state index contributed by atoms with van der Waals surface area (Å²) in [4.78, 5) is 17.6. The number of aryl methyl sites for hydroxylation is 2. The molecule has 0 fully saturated rings. The molecule has 0 aliphatic rings. The van der Waals surface area contributed by atoms with E-state index in [4.69, 9.17) is 16.0 Å². The summed E-state index contributed by atoms with van der Waals surface area (Å²) >= 11 is 7.32. The third-order valence-corrected chi connectivity index (χ3v) is 4.24. The second kappa shape index (κ2) is 5.94. The fourth-order valence-electron chi connectivity index (χ4n) is 2.04. The first-order chi connectivity index (χ1) is 10.5. The highest BCUT2D eigenvalue weighted by Crippen LogP contribution is 2.31. The second-order valence-electron chi connectivity index (χ2n) is 4.80. The van der Waals surface area contributed by atoms with Gasteiger partial charge in [0.2, 0.25) is 0 Å². The zero-order valence-electron chi connectivity index (χ0n) is 12.0. The van der Waals surface area contributed by atoms with Crippen molar-refractivity contribution in [3.8, 4) is 11.3 Å². The number of hydrogen-bond donors (Lipinski definition) is 1. The fraction of sp³-hybridized carbons (Fsp3) is 0.125. The average molecular weight is 333 g/mol. The van der Waals surface area contributed by atoms with Crippen LogP contribution < -0.4 is 5.32 Å². The molecule has 1 amide bonds. The van der Waals surface area contributed by atoms with Gasteiger partial charge in [0.05, 0.1) is 5.69 Å². The molecule has 1 aromatic carbocycles. The highest BCUT2D eigenvalue weighted by molar-refractivity contribution is 7.16. The number of carbonyl (C=O) groups excluding carboxylic acids is 1. The average Bonchev–Trinajstić information content (AvgIpc) is 3.06. The van der Waals surface area contributed by atoms with Crippen molar-refractivity contribution in [2.45, 2.75) is 13.8 Å². The number of hydrogen-bond acceptors (Lipinski definition) is 4. The van der Waals surface area contributed by atoms with Crippen LogP contribution >= 0.6 is 22.9 Å². The highest BCUT2D eigenvalue weighted by atomic mass is 35.5. The van der Waals surface area contributed by atoms with Crippen LogP contribution in [0.15, 0.2) is 40.8 Å². The molecule has 22 heavy (non-hydrogen) atoms. The summed E-state index contributed by atoms with van der Waals surface area (Å²) in [5, 5.41) is 3.98. The SMILES string of the molecule is Cc1ccc(C(=O)Nc2nc(-c3ccc(Cl)cc3)c(C)s2)o1. The van der Waals surface area contributed by atoms with E-state index in [2.05, 4.69) is 10.3 Å². The minimum Gasteiger partial charge on any atom is -0.456 e. The molecule has 2 aromatic heterocycles. The van der Waals surface area contributed by atoms with Crippen molar-refractivity contribution in [1.29, 1.82) is 0 Å². The van der Waals surface area contributed by atoms with Crippen molar-refractivity contribution in [2.24, 2.45) is 0 Å². The molecule has 0 aliphatic heterocycles. The van der Waals surface area contributed by atoms with Crippen molar-refractivity contribution in [3.05, 3.63) is 57.8 Å². The molecule has 1 N–H and O–H groups in total. The van der Waals surface area contributed by atoms with Crippen LogP contribution in [0.5, 0.6) is 0 Å². The monoisotopic (exact) mass is 332 g/mol. The lowest BCUT2D eigenvalue weighted by Crippen LogP contribution is -2.10. The Balaban J connectivity index is 1.83. The smallest absolute Gasteiger partial charge is 0.293 e. The van der Waals surface area contributed by atoms with Crippen LogP contribution in [0.3, 0.4) is 0 Å². The maximum absolute atomic E-state index is 12.1. The van der Waals surface area contributed by atoms with Crippen molar-refractivity contribution in [3.63, 3.8) is 0 Å². The molecule has 3 rings (SSSR count). The van der Waals surface area contributed by atoms with Crippen molar-refractivity contribution in [1.82, 2.24) is 4.98 Å². The van der Waals surface area contributed by atoms with Gasteiger partial charge in [0.25, 0.3) is 5.91 Å². The van der Waals surface area contributed by atoms with Gasteiger partial charge >= 0.3 is 0 Å². The highest BCUT2D eigenvalue weighted by Gasteiger charge is 2.15. The van der Waals surface area contributed by atoms with Crippen LogP contribution in [0.25, 0.3) is 11.3 Å². The number of halogens is 1. The van der Waals surface area contributed by atoms with Crippen LogP contribution in [0.4, 0.5) is 5.13 Å². The molecule has 0 saturated carbocycles. The molecule has 0 aliphatic carbocycles. The Hall–Kier alpha value is -2.11. The Morgan fingerprint density at radius 1 is 1.18 bits per heavy atom. The molecule has 0 radical (unpaired) electrons. The Kier molecular flexibility index (Phi) is 4.00. The van der Waals surface area contributed by atoms with E-state index in [1.54, 1.807) is 19.1 Å². The zero-order chi connectivity index (χ0) is 15.7. The summed E-state index contributed by atoms with van der Waals surface area (Å²) in [5.74, 6) is 0.672. The Morgan fingerprint density at radius 2 is 1.91 bits per heavy atom. The second-order valence-corrected chi connectivity index (χ2v) is 6.43. The third kappa shape index (κ3) is 3.05. The number of aromatic nitrogens is 1. The first-order valence-electron chi connectivity index (χ1n) is 6.64. The van der Waals surface area contributed by atoms with Gasteiger partial charge in [-0.15, -0.1) is 11.3 Å².